The molecule has 5 heteroatoms. The molecule has 1 aromatic heterocycles. The van der Waals surface area contributed by atoms with Crippen molar-refractivity contribution in [3.63, 3.8) is 0 Å². The molecule has 1 heterocycles. The third-order valence-corrected chi connectivity index (χ3v) is 2.89. The minimum atomic E-state index is -0.0819. The Bertz CT molecular complexity index is 493. The Morgan fingerprint density at radius 2 is 1.82 bits per heavy atom. The second-order valence-corrected chi connectivity index (χ2v) is 4.17. The van der Waals surface area contributed by atoms with Gasteiger partial charge < -0.3 is 9.67 Å². The summed E-state index contributed by atoms with van der Waals surface area (Å²) >= 11 is 5.83. The van der Waals surface area contributed by atoms with Gasteiger partial charge in [0.2, 0.25) is 0 Å². The Balaban J connectivity index is 2.23. The molecular weight excluding hydrogens is 238 g/mol. The van der Waals surface area contributed by atoms with Crippen LogP contribution >= 0.6 is 11.6 Å². The zero-order valence-corrected chi connectivity index (χ0v) is 10.4. The first-order valence-electron chi connectivity index (χ1n) is 5.50. The Morgan fingerprint density at radius 3 is 2.41 bits per heavy atom. The lowest BCUT2D eigenvalue weighted by molar-refractivity contribution is 0.264. The van der Waals surface area contributed by atoms with E-state index in [1.807, 2.05) is 35.8 Å². The molecule has 4 nitrogen and oxygen atoms in total. The second kappa shape index (κ2) is 5.29. The van der Waals surface area contributed by atoms with E-state index in [1.54, 1.807) is 0 Å². The van der Waals surface area contributed by atoms with Crippen LogP contribution in [-0.4, -0.2) is 19.9 Å². The summed E-state index contributed by atoms with van der Waals surface area (Å²) in [5, 5.41) is 17.9. The van der Waals surface area contributed by atoms with Crippen molar-refractivity contribution in [2.45, 2.75) is 26.5 Å². The molecule has 0 spiro atoms. The van der Waals surface area contributed by atoms with Gasteiger partial charge in [-0.2, -0.15) is 0 Å². The molecule has 0 unspecified atom stereocenters. The number of aliphatic hydroxyl groups is 1. The maximum absolute atomic E-state index is 9.12. The fourth-order valence-electron chi connectivity index (χ4n) is 1.77. The van der Waals surface area contributed by atoms with Gasteiger partial charge in [-0.15, -0.1) is 10.2 Å². The van der Waals surface area contributed by atoms with E-state index >= 15 is 0 Å². The summed E-state index contributed by atoms with van der Waals surface area (Å²) in [6.07, 6.45) is 0.692. The summed E-state index contributed by atoms with van der Waals surface area (Å²) in [6.45, 7) is 2.68. The number of hydrogen-bond acceptors (Lipinski definition) is 3. The molecule has 90 valence electrons. The molecule has 0 saturated carbocycles. The molecule has 1 aromatic carbocycles. The normalized spacial score (nSPS) is 10.8. The van der Waals surface area contributed by atoms with Gasteiger partial charge in [0.05, 0.1) is 0 Å². The first-order valence-corrected chi connectivity index (χ1v) is 5.88. The van der Waals surface area contributed by atoms with E-state index in [-0.39, 0.29) is 6.61 Å². The number of halogens is 1. The van der Waals surface area contributed by atoms with Crippen LogP contribution in [0.1, 0.15) is 24.1 Å². The molecule has 1 N–H and O–H groups in total. The molecule has 2 aromatic rings. The molecular formula is C12H14ClN3O. The van der Waals surface area contributed by atoms with E-state index in [0.717, 1.165) is 23.0 Å². The van der Waals surface area contributed by atoms with E-state index in [2.05, 4.69) is 10.2 Å². The molecule has 0 aliphatic rings. The van der Waals surface area contributed by atoms with E-state index in [9.17, 15) is 0 Å². The second-order valence-electron chi connectivity index (χ2n) is 3.74. The van der Waals surface area contributed by atoms with Crippen molar-refractivity contribution in [1.29, 1.82) is 0 Å². The zero-order chi connectivity index (χ0) is 12.3. The predicted molar refractivity (Wildman–Crippen MR) is 65.9 cm³/mol. The summed E-state index contributed by atoms with van der Waals surface area (Å²) < 4.78 is 1.93. The van der Waals surface area contributed by atoms with Gasteiger partial charge >= 0.3 is 0 Å². The number of benzene rings is 1. The average Bonchev–Trinajstić information content (AvgIpc) is 2.74. The molecule has 0 aliphatic heterocycles. The highest BCUT2D eigenvalue weighted by molar-refractivity contribution is 6.30. The standard InChI is InChI=1S/C12H14ClN3O/c1-2-16-11(14-15-12(16)8-17)7-9-3-5-10(13)6-4-9/h3-6,17H,2,7-8H2,1H3. The van der Waals surface area contributed by atoms with Crippen molar-refractivity contribution < 1.29 is 5.11 Å². The van der Waals surface area contributed by atoms with E-state index in [1.165, 1.54) is 0 Å². The van der Waals surface area contributed by atoms with Gasteiger partial charge in [0.25, 0.3) is 0 Å². The Labute approximate surface area is 105 Å². The highest BCUT2D eigenvalue weighted by Crippen LogP contribution is 2.13. The molecule has 0 aliphatic carbocycles. The summed E-state index contributed by atoms with van der Waals surface area (Å²) in [5.74, 6) is 1.47. The molecule has 0 atom stereocenters. The molecule has 0 saturated heterocycles. The number of aliphatic hydroxyl groups excluding tert-OH is 1. The van der Waals surface area contributed by atoms with Crippen molar-refractivity contribution in [3.8, 4) is 0 Å². The lowest BCUT2D eigenvalue weighted by Gasteiger charge is -2.06. The summed E-state index contributed by atoms with van der Waals surface area (Å²) in [4.78, 5) is 0. The van der Waals surface area contributed by atoms with Gasteiger partial charge in [-0.25, -0.2) is 0 Å². The molecule has 2 rings (SSSR count). The maximum atomic E-state index is 9.12. The first-order chi connectivity index (χ1) is 8.24. The fourth-order valence-corrected chi connectivity index (χ4v) is 1.90. The van der Waals surface area contributed by atoms with Crippen molar-refractivity contribution in [2.24, 2.45) is 0 Å². The quantitative estimate of drug-likeness (QED) is 0.905. The maximum Gasteiger partial charge on any atom is 0.158 e. The molecule has 0 bridgehead atoms. The van der Waals surface area contributed by atoms with Gasteiger partial charge in [-0.3, -0.25) is 0 Å². The SMILES string of the molecule is CCn1c(CO)nnc1Cc1ccc(Cl)cc1. The fraction of sp³-hybridized carbons (Fsp3) is 0.333. The molecule has 0 radical (unpaired) electrons. The van der Waals surface area contributed by atoms with Crippen LogP contribution in [0.2, 0.25) is 5.02 Å². The number of nitrogens with zero attached hydrogens (tertiary/aromatic N) is 3. The van der Waals surface area contributed by atoms with Crippen LogP contribution in [0.4, 0.5) is 0 Å². The van der Waals surface area contributed by atoms with E-state index in [4.69, 9.17) is 16.7 Å². The van der Waals surface area contributed by atoms with Gasteiger partial charge in [0.15, 0.2) is 5.82 Å². The van der Waals surface area contributed by atoms with Crippen LogP contribution in [0.15, 0.2) is 24.3 Å². The number of aromatic nitrogens is 3. The molecule has 0 fully saturated rings. The summed E-state index contributed by atoms with van der Waals surface area (Å²) in [6, 6.07) is 7.65. The first kappa shape index (κ1) is 12.1. The molecule has 17 heavy (non-hydrogen) atoms. The van der Waals surface area contributed by atoms with Crippen LogP contribution in [0.5, 0.6) is 0 Å². The van der Waals surface area contributed by atoms with Gasteiger partial charge in [0, 0.05) is 18.0 Å². The topological polar surface area (TPSA) is 50.9 Å². The van der Waals surface area contributed by atoms with Crippen LogP contribution in [0.3, 0.4) is 0 Å². The van der Waals surface area contributed by atoms with Crippen molar-refractivity contribution in [2.75, 3.05) is 0 Å². The Kier molecular flexibility index (Phi) is 3.76. The largest absolute Gasteiger partial charge is 0.388 e. The minimum absolute atomic E-state index is 0.0819. The van der Waals surface area contributed by atoms with E-state index in [0.29, 0.717) is 12.2 Å². The van der Waals surface area contributed by atoms with Crippen molar-refractivity contribution in [1.82, 2.24) is 14.8 Å². The highest BCUT2D eigenvalue weighted by Gasteiger charge is 2.09. The van der Waals surface area contributed by atoms with Crippen LogP contribution in [-0.2, 0) is 19.6 Å². The highest BCUT2D eigenvalue weighted by atomic mass is 35.5. The zero-order valence-electron chi connectivity index (χ0n) is 9.60. The van der Waals surface area contributed by atoms with Crippen LogP contribution < -0.4 is 0 Å². The lowest BCUT2D eigenvalue weighted by Crippen LogP contribution is -2.06. The van der Waals surface area contributed by atoms with Gasteiger partial charge in [0.1, 0.15) is 12.4 Å². The van der Waals surface area contributed by atoms with Gasteiger partial charge in [-0.1, -0.05) is 23.7 Å². The van der Waals surface area contributed by atoms with Crippen molar-refractivity contribution >= 4 is 11.6 Å². The van der Waals surface area contributed by atoms with Crippen LogP contribution in [0.25, 0.3) is 0 Å². The Hall–Kier alpha value is -1.39. The summed E-state index contributed by atoms with van der Waals surface area (Å²) in [5.41, 5.74) is 1.13. The van der Waals surface area contributed by atoms with E-state index < -0.39 is 0 Å². The Morgan fingerprint density at radius 1 is 1.18 bits per heavy atom. The smallest absolute Gasteiger partial charge is 0.158 e. The summed E-state index contributed by atoms with van der Waals surface area (Å²) in [7, 11) is 0. The van der Waals surface area contributed by atoms with Crippen molar-refractivity contribution in [3.05, 3.63) is 46.5 Å². The third-order valence-electron chi connectivity index (χ3n) is 2.64. The molecule has 0 amide bonds. The third kappa shape index (κ3) is 2.65. The number of hydrogen-bond donors (Lipinski definition) is 1. The number of rotatable bonds is 4. The predicted octanol–water partition coefficient (Wildman–Crippen LogP) is 2.03. The monoisotopic (exact) mass is 251 g/mol. The van der Waals surface area contributed by atoms with Gasteiger partial charge in [-0.05, 0) is 24.6 Å². The minimum Gasteiger partial charge on any atom is -0.388 e. The average molecular weight is 252 g/mol. The van der Waals surface area contributed by atoms with Crippen LogP contribution in [0, 0.1) is 0 Å². The lowest BCUT2D eigenvalue weighted by atomic mass is 10.1.